The summed E-state index contributed by atoms with van der Waals surface area (Å²) in [5.74, 6) is -0.319. The molecule has 0 heterocycles. The Morgan fingerprint density at radius 3 is 2.71 bits per heavy atom. The summed E-state index contributed by atoms with van der Waals surface area (Å²) in [6.07, 6.45) is 7.65. The van der Waals surface area contributed by atoms with Crippen LogP contribution in [-0.2, 0) is 11.2 Å². The third-order valence-electron chi connectivity index (χ3n) is 3.36. The zero-order chi connectivity index (χ0) is 11.8. The largest absolute Gasteiger partial charge is 0.366 e. The molecule has 0 aromatic heterocycles. The normalized spacial score (nSPS) is 17.3. The molecule has 84 valence electrons. The van der Waals surface area contributed by atoms with Gasteiger partial charge in [-0.05, 0) is 28.7 Å². The summed E-state index contributed by atoms with van der Waals surface area (Å²) in [5, 5.41) is 0. The van der Waals surface area contributed by atoms with Gasteiger partial charge in [-0.3, -0.25) is 4.79 Å². The molecule has 3 rings (SSSR count). The minimum absolute atomic E-state index is 0.319. The molecule has 0 aliphatic heterocycles. The molecule has 0 fully saturated rings. The van der Waals surface area contributed by atoms with Crippen molar-refractivity contribution in [1.82, 2.24) is 0 Å². The highest BCUT2D eigenvalue weighted by Crippen LogP contribution is 2.34. The van der Waals surface area contributed by atoms with Gasteiger partial charge in [-0.25, -0.2) is 0 Å². The Bertz CT molecular complexity index is 591. The van der Waals surface area contributed by atoms with Gasteiger partial charge in [0.15, 0.2) is 0 Å². The molecule has 0 unspecified atom stereocenters. The highest BCUT2D eigenvalue weighted by molar-refractivity contribution is 5.94. The highest BCUT2D eigenvalue weighted by Gasteiger charge is 2.19. The van der Waals surface area contributed by atoms with Gasteiger partial charge in [0.1, 0.15) is 0 Å². The number of amides is 1. The Morgan fingerprint density at radius 1 is 1.06 bits per heavy atom. The third kappa shape index (κ3) is 1.72. The van der Waals surface area contributed by atoms with Crippen LogP contribution >= 0.6 is 0 Å². The minimum Gasteiger partial charge on any atom is -0.366 e. The smallest absolute Gasteiger partial charge is 0.244 e. The maximum absolute atomic E-state index is 11.2. The van der Waals surface area contributed by atoms with Crippen LogP contribution < -0.4 is 5.73 Å². The monoisotopic (exact) mass is 223 g/mol. The van der Waals surface area contributed by atoms with Crippen molar-refractivity contribution in [3.63, 3.8) is 0 Å². The summed E-state index contributed by atoms with van der Waals surface area (Å²) < 4.78 is 0. The topological polar surface area (TPSA) is 43.1 Å². The number of primary amides is 1. The zero-order valence-corrected chi connectivity index (χ0v) is 9.44. The zero-order valence-electron chi connectivity index (χ0n) is 9.44. The van der Waals surface area contributed by atoms with Crippen molar-refractivity contribution in [1.29, 1.82) is 0 Å². The maximum atomic E-state index is 11.2. The molecule has 0 bridgehead atoms. The molecule has 2 nitrogen and oxygen atoms in total. The van der Waals surface area contributed by atoms with Crippen LogP contribution in [0, 0.1) is 0 Å². The number of fused-ring (bicyclic) bond motifs is 2. The first-order valence-electron chi connectivity index (χ1n) is 5.72. The van der Waals surface area contributed by atoms with Gasteiger partial charge in [-0.2, -0.15) is 0 Å². The summed E-state index contributed by atoms with van der Waals surface area (Å²) in [4.78, 5) is 11.2. The molecule has 2 aliphatic carbocycles. The molecule has 0 radical (unpaired) electrons. The lowest BCUT2D eigenvalue weighted by molar-refractivity contribution is -0.114. The third-order valence-corrected chi connectivity index (χ3v) is 3.36. The fraction of sp³-hybridized carbons (Fsp3) is 0.133. The lowest BCUT2D eigenvalue weighted by atomic mass is 9.82. The molecule has 2 aliphatic rings. The fourth-order valence-corrected chi connectivity index (χ4v) is 2.40. The second kappa shape index (κ2) is 3.74. The molecule has 17 heavy (non-hydrogen) atoms. The predicted octanol–water partition coefficient (Wildman–Crippen LogP) is 2.37. The van der Waals surface area contributed by atoms with Crippen LogP contribution in [0.4, 0.5) is 0 Å². The number of allylic oxidation sites excluding steroid dienone is 4. The molecular weight excluding hydrogens is 210 g/mol. The summed E-state index contributed by atoms with van der Waals surface area (Å²) in [6.45, 7) is 0. The van der Waals surface area contributed by atoms with E-state index in [1.807, 2.05) is 18.2 Å². The quantitative estimate of drug-likeness (QED) is 0.780. The number of carbonyl (C=O) groups excluding carboxylic acids is 1. The molecule has 2 N–H and O–H groups in total. The van der Waals surface area contributed by atoms with E-state index in [0.717, 1.165) is 6.42 Å². The number of benzene rings is 1. The average molecular weight is 223 g/mol. The number of hydrogen-bond acceptors (Lipinski definition) is 1. The van der Waals surface area contributed by atoms with Gasteiger partial charge >= 0.3 is 0 Å². The van der Waals surface area contributed by atoms with Crippen molar-refractivity contribution in [2.45, 2.75) is 12.8 Å². The number of hydrogen-bond donors (Lipinski definition) is 1. The van der Waals surface area contributed by atoms with Gasteiger partial charge < -0.3 is 5.73 Å². The van der Waals surface area contributed by atoms with Crippen LogP contribution in [0.3, 0.4) is 0 Å². The van der Waals surface area contributed by atoms with E-state index >= 15 is 0 Å². The van der Waals surface area contributed by atoms with Crippen LogP contribution in [0.5, 0.6) is 0 Å². The Balaban J connectivity index is 2.04. The van der Waals surface area contributed by atoms with E-state index in [1.54, 1.807) is 0 Å². The first kappa shape index (κ1) is 10.1. The summed E-state index contributed by atoms with van der Waals surface area (Å²) in [5.41, 5.74) is 11.1. The second-order valence-corrected chi connectivity index (χ2v) is 4.47. The Hall–Kier alpha value is -2.09. The van der Waals surface area contributed by atoms with Gasteiger partial charge in [0.2, 0.25) is 5.91 Å². The number of rotatable bonds is 1. The van der Waals surface area contributed by atoms with E-state index in [2.05, 4.69) is 24.3 Å². The van der Waals surface area contributed by atoms with Crippen molar-refractivity contribution < 1.29 is 4.79 Å². The van der Waals surface area contributed by atoms with Gasteiger partial charge in [-0.1, -0.05) is 42.5 Å². The van der Waals surface area contributed by atoms with Gasteiger partial charge in [-0.15, -0.1) is 0 Å². The van der Waals surface area contributed by atoms with Crippen LogP contribution in [0.25, 0.3) is 6.08 Å². The molecule has 1 amide bonds. The van der Waals surface area contributed by atoms with E-state index in [4.69, 9.17) is 5.73 Å². The van der Waals surface area contributed by atoms with E-state index < -0.39 is 0 Å². The molecule has 0 atom stereocenters. The summed E-state index contributed by atoms with van der Waals surface area (Å²) >= 11 is 0. The molecular formula is C15H13NO. The number of nitrogens with two attached hydrogens (primary N) is 1. The van der Waals surface area contributed by atoms with E-state index in [0.29, 0.717) is 12.0 Å². The lowest BCUT2D eigenvalue weighted by Gasteiger charge is -2.22. The molecule has 0 spiro atoms. The minimum atomic E-state index is -0.319. The Morgan fingerprint density at radius 2 is 1.88 bits per heavy atom. The first-order chi connectivity index (χ1) is 8.24. The highest BCUT2D eigenvalue weighted by atomic mass is 16.1. The van der Waals surface area contributed by atoms with E-state index in [1.165, 1.54) is 22.3 Å². The van der Waals surface area contributed by atoms with Crippen molar-refractivity contribution in [3.05, 3.63) is 64.3 Å². The van der Waals surface area contributed by atoms with Crippen LogP contribution in [0.1, 0.15) is 17.5 Å². The Kier molecular flexibility index (Phi) is 2.22. The molecule has 0 saturated heterocycles. The SMILES string of the molecule is NC(=O)C1=CC=C2Cc3ccccc3C=C2C1. The fourth-order valence-electron chi connectivity index (χ4n) is 2.40. The standard InChI is InChI=1S/C15H13NO/c16-15(17)13-6-5-12-7-10-3-1-2-4-11(10)8-14(12)9-13/h1-6,8H,7,9H2,(H2,16,17). The number of carbonyl (C=O) groups is 1. The van der Waals surface area contributed by atoms with E-state index in [9.17, 15) is 4.79 Å². The van der Waals surface area contributed by atoms with Crippen molar-refractivity contribution >= 4 is 12.0 Å². The molecule has 0 saturated carbocycles. The average Bonchev–Trinajstić information content (AvgIpc) is 2.35. The summed E-state index contributed by atoms with van der Waals surface area (Å²) in [7, 11) is 0. The van der Waals surface area contributed by atoms with Crippen LogP contribution in [0.15, 0.2) is 53.1 Å². The Labute approximate surface area is 100 Å². The van der Waals surface area contributed by atoms with Crippen molar-refractivity contribution in [2.24, 2.45) is 5.73 Å². The van der Waals surface area contributed by atoms with Gasteiger partial charge in [0, 0.05) is 12.0 Å². The molecule has 1 aromatic rings. The maximum Gasteiger partial charge on any atom is 0.244 e. The van der Waals surface area contributed by atoms with Crippen LogP contribution in [-0.4, -0.2) is 5.91 Å². The predicted molar refractivity (Wildman–Crippen MR) is 68.1 cm³/mol. The van der Waals surface area contributed by atoms with Crippen LogP contribution in [0.2, 0.25) is 0 Å². The molecule has 1 aromatic carbocycles. The first-order valence-corrected chi connectivity index (χ1v) is 5.72. The molecule has 2 heteroatoms. The van der Waals surface area contributed by atoms with Crippen molar-refractivity contribution in [2.75, 3.05) is 0 Å². The summed E-state index contributed by atoms with van der Waals surface area (Å²) in [6, 6.07) is 8.36. The van der Waals surface area contributed by atoms with Gasteiger partial charge in [0.25, 0.3) is 0 Å². The van der Waals surface area contributed by atoms with Crippen molar-refractivity contribution in [3.8, 4) is 0 Å². The van der Waals surface area contributed by atoms with Gasteiger partial charge in [0.05, 0.1) is 0 Å². The van der Waals surface area contributed by atoms with E-state index in [-0.39, 0.29) is 5.91 Å². The second-order valence-electron chi connectivity index (χ2n) is 4.47. The lowest BCUT2D eigenvalue weighted by Crippen LogP contribution is -2.17.